The van der Waals surface area contributed by atoms with Gasteiger partial charge in [0.25, 0.3) is 0 Å². The van der Waals surface area contributed by atoms with Crippen LogP contribution in [0.25, 0.3) is 0 Å². The topological polar surface area (TPSA) is 93.6 Å². The highest BCUT2D eigenvalue weighted by Gasteiger charge is 2.36. The number of methoxy groups -OCH3 is 1. The zero-order valence-electron chi connectivity index (χ0n) is 11.2. The lowest BCUT2D eigenvalue weighted by molar-refractivity contribution is -0.117. The van der Waals surface area contributed by atoms with Gasteiger partial charge in [-0.15, -0.1) is 3.89 Å². The van der Waals surface area contributed by atoms with Crippen molar-refractivity contribution < 1.29 is 26.6 Å². The zero-order chi connectivity index (χ0) is 15.6. The molecule has 0 spiro atoms. The number of esters is 1. The highest BCUT2D eigenvalue weighted by atomic mass is 32.3. The summed E-state index contributed by atoms with van der Waals surface area (Å²) < 4.78 is 38.7. The Bertz CT molecular complexity index is 676. The number of carbonyl (C=O) groups is 2. The first-order chi connectivity index (χ1) is 9.81. The summed E-state index contributed by atoms with van der Waals surface area (Å²) in [4.78, 5) is 28.8. The summed E-state index contributed by atoms with van der Waals surface area (Å²) in [5.74, 6) is -2.37. The summed E-state index contributed by atoms with van der Waals surface area (Å²) in [6, 6.07) is 2.96. The van der Waals surface area contributed by atoms with Crippen LogP contribution < -0.4 is 4.90 Å². The van der Waals surface area contributed by atoms with Gasteiger partial charge in [0.1, 0.15) is 11.4 Å². The molecule has 1 saturated heterocycles. The highest BCUT2D eigenvalue weighted by Crippen LogP contribution is 2.27. The van der Waals surface area contributed by atoms with Crippen LogP contribution in [0.4, 0.5) is 9.70 Å². The van der Waals surface area contributed by atoms with E-state index in [1.165, 1.54) is 30.3 Å². The van der Waals surface area contributed by atoms with Gasteiger partial charge in [0, 0.05) is 25.1 Å². The molecule has 1 aromatic rings. The van der Waals surface area contributed by atoms with E-state index in [-0.39, 0.29) is 24.3 Å². The average Bonchev–Trinajstić information content (AvgIpc) is 2.76. The summed E-state index contributed by atoms with van der Waals surface area (Å²) in [6.45, 7) is -0.0109. The average molecular weight is 316 g/mol. The van der Waals surface area contributed by atoms with E-state index in [0.29, 0.717) is 0 Å². The van der Waals surface area contributed by atoms with Crippen molar-refractivity contribution in [3.05, 3.63) is 23.9 Å². The Balaban J connectivity index is 2.27. The van der Waals surface area contributed by atoms with Crippen molar-refractivity contribution in [2.45, 2.75) is 6.42 Å². The minimum Gasteiger partial charge on any atom is -0.465 e. The lowest BCUT2D eigenvalue weighted by Crippen LogP contribution is -2.28. The number of rotatable bonds is 4. The molecule has 2 heterocycles. The second kappa shape index (κ2) is 5.76. The van der Waals surface area contributed by atoms with Gasteiger partial charge in [-0.2, -0.15) is 8.42 Å². The number of halogens is 1. The molecule has 0 N–H and O–H groups in total. The zero-order valence-corrected chi connectivity index (χ0v) is 12.0. The van der Waals surface area contributed by atoms with Crippen LogP contribution in [0.15, 0.2) is 18.3 Å². The third-order valence-corrected chi connectivity index (χ3v) is 3.96. The van der Waals surface area contributed by atoms with Crippen LogP contribution in [0, 0.1) is 5.92 Å². The molecule has 1 aliphatic rings. The number of anilines is 1. The number of ether oxygens (including phenoxy) is 1. The van der Waals surface area contributed by atoms with Crippen molar-refractivity contribution in [2.24, 2.45) is 5.92 Å². The SMILES string of the molecule is COC(=O)c1cccnc1N1CC(CS(=O)(=O)F)CC1=O. The number of nitrogens with zero attached hydrogens (tertiary/aromatic N) is 2. The van der Waals surface area contributed by atoms with E-state index in [0.717, 1.165) is 0 Å². The minimum absolute atomic E-state index is 0.0109. The predicted molar refractivity (Wildman–Crippen MR) is 70.9 cm³/mol. The third kappa shape index (κ3) is 3.54. The molecule has 1 unspecified atom stereocenters. The predicted octanol–water partition coefficient (Wildman–Crippen LogP) is 0.520. The maximum absolute atomic E-state index is 12.7. The lowest BCUT2D eigenvalue weighted by Gasteiger charge is -2.17. The molecular weight excluding hydrogens is 303 g/mol. The minimum atomic E-state index is -4.66. The van der Waals surface area contributed by atoms with E-state index >= 15 is 0 Å². The van der Waals surface area contributed by atoms with Gasteiger partial charge in [-0.1, -0.05) is 0 Å². The second-order valence-corrected chi connectivity index (χ2v) is 6.06. The van der Waals surface area contributed by atoms with Crippen molar-refractivity contribution in [3.63, 3.8) is 0 Å². The molecule has 9 heteroatoms. The van der Waals surface area contributed by atoms with Crippen LogP contribution in [-0.2, 0) is 19.8 Å². The summed E-state index contributed by atoms with van der Waals surface area (Å²) in [5.41, 5.74) is 0.0945. The Morgan fingerprint density at radius 3 is 2.90 bits per heavy atom. The van der Waals surface area contributed by atoms with Crippen LogP contribution in [0.5, 0.6) is 0 Å². The van der Waals surface area contributed by atoms with E-state index in [1.54, 1.807) is 0 Å². The van der Waals surface area contributed by atoms with Crippen LogP contribution in [-0.4, -0.2) is 44.7 Å². The van der Waals surface area contributed by atoms with E-state index in [4.69, 9.17) is 0 Å². The van der Waals surface area contributed by atoms with Gasteiger partial charge in [-0.05, 0) is 12.1 Å². The van der Waals surface area contributed by atoms with E-state index in [1.807, 2.05) is 0 Å². The first-order valence-electron chi connectivity index (χ1n) is 6.08. The smallest absolute Gasteiger partial charge is 0.341 e. The summed E-state index contributed by atoms with van der Waals surface area (Å²) in [7, 11) is -3.46. The van der Waals surface area contributed by atoms with Crippen molar-refractivity contribution in [1.29, 1.82) is 0 Å². The number of aromatic nitrogens is 1. The maximum Gasteiger partial charge on any atom is 0.341 e. The molecule has 1 amide bonds. The fourth-order valence-electron chi connectivity index (χ4n) is 2.26. The normalized spacial score (nSPS) is 18.9. The quantitative estimate of drug-likeness (QED) is 0.594. The third-order valence-electron chi connectivity index (χ3n) is 3.09. The monoisotopic (exact) mass is 316 g/mol. The molecular formula is C12H13FN2O5S. The Hall–Kier alpha value is -2.03. The van der Waals surface area contributed by atoms with Crippen molar-refractivity contribution in [3.8, 4) is 0 Å². The molecule has 2 rings (SSSR count). The summed E-state index contributed by atoms with van der Waals surface area (Å²) in [6.07, 6.45) is 1.29. The molecule has 0 bridgehead atoms. The molecule has 114 valence electrons. The number of hydrogen-bond donors (Lipinski definition) is 0. The molecule has 1 aliphatic heterocycles. The molecule has 0 aromatic carbocycles. The summed E-state index contributed by atoms with van der Waals surface area (Å²) in [5, 5.41) is 0. The van der Waals surface area contributed by atoms with Crippen LogP contribution in [0.3, 0.4) is 0 Å². The Kier molecular flexibility index (Phi) is 4.21. The number of pyridine rings is 1. The standard InChI is InChI=1S/C12H13FN2O5S/c1-20-12(17)9-3-2-4-14-11(9)15-6-8(5-10(15)16)7-21(13,18)19/h2-4,8H,5-7H2,1H3. The summed E-state index contributed by atoms with van der Waals surface area (Å²) >= 11 is 0. The van der Waals surface area contributed by atoms with E-state index < -0.39 is 33.8 Å². The van der Waals surface area contributed by atoms with Gasteiger partial charge in [-0.3, -0.25) is 9.69 Å². The van der Waals surface area contributed by atoms with Crippen LogP contribution in [0.1, 0.15) is 16.8 Å². The maximum atomic E-state index is 12.7. The molecule has 0 aliphatic carbocycles. The molecule has 0 saturated carbocycles. The second-order valence-electron chi connectivity index (χ2n) is 4.65. The van der Waals surface area contributed by atoms with Crippen molar-refractivity contribution in [2.75, 3.05) is 24.3 Å². The first-order valence-corrected chi connectivity index (χ1v) is 7.63. The molecule has 1 aromatic heterocycles. The van der Waals surface area contributed by atoms with Crippen LogP contribution >= 0.6 is 0 Å². The molecule has 7 nitrogen and oxygen atoms in total. The molecule has 1 fully saturated rings. The van der Waals surface area contributed by atoms with Crippen LogP contribution in [0.2, 0.25) is 0 Å². The molecule has 21 heavy (non-hydrogen) atoms. The number of carbonyl (C=O) groups excluding carboxylic acids is 2. The largest absolute Gasteiger partial charge is 0.465 e. The van der Waals surface area contributed by atoms with Gasteiger partial charge < -0.3 is 4.74 Å². The Morgan fingerprint density at radius 2 is 2.29 bits per heavy atom. The van der Waals surface area contributed by atoms with E-state index in [9.17, 15) is 21.9 Å². The number of amides is 1. The van der Waals surface area contributed by atoms with E-state index in [2.05, 4.69) is 9.72 Å². The fraction of sp³-hybridized carbons (Fsp3) is 0.417. The van der Waals surface area contributed by atoms with Gasteiger partial charge in [-0.25, -0.2) is 9.78 Å². The molecule has 1 atom stereocenters. The number of hydrogen-bond acceptors (Lipinski definition) is 6. The Labute approximate surface area is 120 Å². The van der Waals surface area contributed by atoms with Crippen molar-refractivity contribution in [1.82, 2.24) is 4.98 Å². The van der Waals surface area contributed by atoms with Gasteiger partial charge >= 0.3 is 16.2 Å². The van der Waals surface area contributed by atoms with Gasteiger partial charge in [0.15, 0.2) is 0 Å². The van der Waals surface area contributed by atoms with Gasteiger partial charge in [0.2, 0.25) is 5.91 Å². The van der Waals surface area contributed by atoms with Crippen molar-refractivity contribution >= 4 is 27.9 Å². The fourth-order valence-corrected chi connectivity index (χ4v) is 3.05. The Morgan fingerprint density at radius 1 is 1.57 bits per heavy atom. The van der Waals surface area contributed by atoms with Gasteiger partial charge in [0.05, 0.1) is 12.9 Å². The molecule has 0 radical (unpaired) electrons. The lowest BCUT2D eigenvalue weighted by atomic mass is 10.1. The first kappa shape index (κ1) is 15.4. The highest BCUT2D eigenvalue weighted by molar-refractivity contribution is 7.86.